The molecule has 0 spiro atoms. The topological polar surface area (TPSA) is 84.0 Å². The number of hydrogen-bond acceptors (Lipinski definition) is 5. The lowest BCUT2D eigenvalue weighted by Crippen LogP contribution is -2.50. The number of fused-ring (bicyclic) bond motifs is 1. The van der Waals surface area contributed by atoms with E-state index in [4.69, 9.17) is 4.52 Å². The third kappa shape index (κ3) is 3.37. The first-order valence-corrected chi connectivity index (χ1v) is 9.46. The van der Waals surface area contributed by atoms with Crippen LogP contribution in [-0.4, -0.2) is 62.6 Å². The molecule has 146 valence electrons. The fraction of sp³-hybridized carbons (Fsp3) is 0.400. The molecule has 2 amide bonds. The minimum absolute atomic E-state index is 0.0379. The molecule has 0 N–H and O–H groups in total. The van der Waals surface area contributed by atoms with Crippen molar-refractivity contribution in [2.45, 2.75) is 26.7 Å². The van der Waals surface area contributed by atoms with Crippen LogP contribution in [0.5, 0.6) is 0 Å². The van der Waals surface area contributed by atoms with Crippen LogP contribution < -0.4 is 0 Å². The molecule has 1 aliphatic rings. The molecule has 0 unspecified atom stereocenters. The second-order valence-corrected chi connectivity index (χ2v) is 7.06. The molecule has 0 bridgehead atoms. The van der Waals surface area contributed by atoms with E-state index in [1.165, 1.54) is 0 Å². The second-order valence-electron chi connectivity index (χ2n) is 7.06. The van der Waals surface area contributed by atoms with Crippen LogP contribution in [0.25, 0.3) is 5.52 Å². The summed E-state index contributed by atoms with van der Waals surface area (Å²) < 4.78 is 6.85. The number of pyridine rings is 1. The average molecular weight is 381 g/mol. The number of nitrogens with zero attached hydrogens (tertiary/aromatic N) is 5. The number of aryl methyl sites for hydroxylation is 2. The van der Waals surface area contributed by atoms with Crippen LogP contribution in [0.15, 0.2) is 35.1 Å². The quantitative estimate of drug-likeness (QED) is 0.689. The molecule has 1 saturated heterocycles. The van der Waals surface area contributed by atoms with E-state index in [0.717, 1.165) is 22.5 Å². The number of carbonyl (C=O) groups excluding carboxylic acids is 2. The summed E-state index contributed by atoms with van der Waals surface area (Å²) in [5, 5.41) is 8.16. The fourth-order valence-corrected chi connectivity index (χ4v) is 3.68. The molecule has 8 heteroatoms. The largest absolute Gasteiger partial charge is 0.361 e. The van der Waals surface area contributed by atoms with Crippen LogP contribution in [0.2, 0.25) is 0 Å². The highest BCUT2D eigenvalue weighted by atomic mass is 16.5. The highest BCUT2D eigenvalue weighted by Crippen LogP contribution is 2.17. The van der Waals surface area contributed by atoms with Gasteiger partial charge in [0, 0.05) is 44.4 Å². The van der Waals surface area contributed by atoms with Gasteiger partial charge in [-0.3, -0.25) is 9.59 Å². The normalized spacial score (nSPS) is 14.6. The molecule has 4 rings (SSSR count). The van der Waals surface area contributed by atoms with E-state index < -0.39 is 0 Å². The van der Waals surface area contributed by atoms with Gasteiger partial charge in [0.1, 0.15) is 5.76 Å². The van der Waals surface area contributed by atoms with Crippen LogP contribution in [0.4, 0.5) is 0 Å². The number of piperazine rings is 1. The van der Waals surface area contributed by atoms with Crippen molar-refractivity contribution >= 4 is 17.3 Å². The van der Waals surface area contributed by atoms with Gasteiger partial charge in [0.2, 0.25) is 5.91 Å². The summed E-state index contributed by atoms with van der Waals surface area (Å²) in [6.45, 7) is 5.91. The molecular weight excluding hydrogens is 358 g/mol. The summed E-state index contributed by atoms with van der Waals surface area (Å²) in [6.07, 6.45) is 4.48. The molecule has 3 aromatic rings. The molecule has 28 heavy (non-hydrogen) atoms. The summed E-state index contributed by atoms with van der Waals surface area (Å²) in [5.74, 6) is 0.834. The van der Waals surface area contributed by atoms with Gasteiger partial charge in [-0.05, 0) is 32.4 Å². The molecule has 0 saturated carbocycles. The van der Waals surface area contributed by atoms with Gasteiger partial charge in [-0.25, -0.2) is 4.52 Å². The van der Waals surface area contributed by atoms with E-state index in [2.05, 4.69) is 10.3 Å². The lowest BCUT2D eigenvalue weighted by Gasteiger charge is -2.34. The monoisotopic (exact) mass is 381 g/mol. The van der Waals surface area contributed by atoms with E-state index in [1.807, 2.05) is 43.1 Å². The molecule has 1 fully saturated rings. The predicted octanol–water partition coefficient (Wildman–Crippen LogP) is 1.86. The first-order chi connectivity index (χ1) is 13.5. The van der Waals surface area contributed by atoms with Crippen LogP contribution in [-0.2, 0) is 11.2 Å². The molecule has 0 aromatic carbocycles. The highest BCUT2D eigenvalue weighted by molar-refractivity contribution is 6.00. The van der Waals surface area contributed by atoms with Gasteiger partial charge in [0.25, 0.3) is 5.91 Å². The Morgan fingerprint density at radius 2 is 1.86 bits per heavy atom. The zero-order valence-corrected chi connectivity index (χ0v) is 16.1. The molecule has 1 aliphatic heterocycles. The van der Waals surface area contributed by atoms with Gasteiger partial charge in [0.15, 0.2) is 0 Å². The maximum Gasteiger partial charge on any atom is 0.257 e. The zero-order chi connectivity index (χ0) is 19.7. The van der Waals surface area contributed by atoms with Crippen molar-refractivity contribution in [3.8, 4) is 0 Å². The average Bonchev–Trinajstić information content (AvgIpc) is 3.29. The first-order valence-electron chi connectivity index (χ1n) is 9.46. The van der Waals surface area contributed by atoms with Crippen LogP contribution >= 0.6 is 0 Å². The van der Waals surface area contributed by atoms with E-state index >= 15 is 0 Å². The Kier molecular flexibility index (Phi) is 4.85. The van der Waals surface area contributed by atoms with Crippen molar-refractivity contribution in [3.63, 3.8) is 0 Å². The SMILES string of the molecule is Cc1noc(C)c1CCC(=O)N1CCN(C(=O)c2cnn3ccccc23)CC1. The van der Waals surface area contributed by atoms with E-state index in [1.54, 1.807) is 15.6 Å². The van der Waals surface area contributed by atoms with Gasteiger partial charge in [-0.15, -0.1) is 0 Å². The van der Waals surface area contributed by atoms with E-state index in [9.17, 15) is 9.59 Å². The molecule has 3 aromatic heterocycles. The Hall–Kier alpha value is -3.16. The van der Waals surface area contributed by atoms with Crippen LogP contribution in [0.3, 0.4) is 0 Å². The Bertz CT molecular complexity index is 994. The molecule has 8 nitrogen and oxygen atoms in total. The number of amides is 2. The van der Waals surface area contributed by atoms with Gasteiger partial charge in [-0.2, -0.15) is 5.10 Å². The Morgan fingerprint density at radius 1 is 1.11 bits per heavy atom. The summed E-state index contributed by atoms with van der Waals surface area (Å²) in [4.78, 5) is 29.0. The number of carbonyl (C=O) groups is 2. The summed E-state index contributed by atoms with van der Waals surface area (Å²) >= 11 is 0. The van der Waals surface area contributed by atoms with Gasteiger partial charge in [-0.1, -0.05) is 11.2 Å². The number of rotatable bonds is 4. The standard InChI is InChI=1S/C20H23N5O3/c1-14-16(15(2)28-22-14)6-7-19(26)23-9-11-24(12-10-23)20(27)17-13-21-25-8-4-3-5-18(17)25/h3-5,8,13H,6-7,9-12H2,1-2H3. The van der Waals surface area contributed by atoms with Crippen molar-refractivity contribution in [1.29, 1.82) is 0 Å². The van der Waals surface area contributed by atoms with Gasteiger partial charge in [0.05, 0.1) is 23.0 Å². The third-order valence-corrected chi connectivity index (χ3v) is 5.35. The van der Waals surface area contributed by atoms with Crippen molar-refractivity contribution in [1.82, 2.24) is 24.6 Å². The highest BCUT2D eigenvalue weighted by Gasteiger charge is 2.26. The Labute approximate surface area is 162 Å². The van der Waals surface area contributed by atoms with Crippen molar-refractivity contribution < 1.29 is 14.1 Å². The maximum atomic E-state index is 12.9. The summed E-state index contributed by atoms with van der Waals surface area (Å²) in [7, 11) is 0. The fourth-order valence-electron chi connectivity index (χ4n) is 3.68. The van der Waals surface area contributed by atoms with E-state index in [-0.39, 0.29) is 11.8 Å². The molecule has 0 aliphatic carbocycles. The minimum Gasteiger partial charge on any atom is -0.361 e. The Morgan fingerprint density at radius 3 is 2.57 bits per heavy atom. The number of hydrogen-bond donors (Lipinski definition) is 0. The lowest BCUT2D eigenvalue weighted by atomic mass is 10.1. The third-order valence-electron chi connectivity index (χ3n) is 5.35. The van der Waals surface area contributed by atoms with Crippen molar-refractivity contribution in [3.05, 3.63) is 53.2 Å². The maximum absolute atomic E-state index is 12.9. The second kappa shape index (κ2) is 7.46. The van der Waals surface area contributed by atoms with Crippen molar-refractivity contribution in [2.75, 3.05) is 26.2 Å². The van der Waals surface area contributed by atoms with Gasteiger partial charge >= 0.3 is 0 Å². The zero-order valence-electron chi connectivity index (χ0n) is 16.1. The predicted molar refractivity (Wildman–Crippen MR) is 102 cm³/mol. The molecule has 0 atom stereocenters. The van der Waals surface area contributed by atoms with Crippen LogP contribution in [0.1, 0.15) is 33.8 Å². The molecular formula is C20H23N5O3. The lowest BCUT2D eigenvalue weighted by molar-refractivity contribution is -0.132. The summed E-state index contributed by atoms with van der Waals surface area (Å²) in [5.41, 5.74) is 3.24. The molecule has 4 heterocycles. The van der Waals surface area contributed by atoms with Crippen molar-refractivity contribution in [2.24, 2.45) is 0 Å². The van der Waals surface area contributed by atoms with Crippen LogP contribution in [0, 0.1) is 13.8 Å². The van der Waals surface area contributed by atoms with E-state index in [0.29, 0.717) is 44.6 Å². The molecule has 0 radical (unpaired) electrons. The first kappa shape index (κ1) is 18.2. The number of aromatic nitrogens is 3. The smallest absolute Gasteiger partial charge is 0.257 e. The Balaban J connectivity index is 1.34. The summed E-state index contributed by atoms with van der Waals surface area (Å²) in [6, 6.07) is 5.65. The minimum atomic E-state index is -0.0379. The van der Waals surface area contributed by atoms with Gasteiger partial charge < -0.3 is 14.3 Å².